The summed E-state index contributed by atoms with van der Waals surface area (Å²) in [6.45, 7) is -0.347. The maximum absolute atomic E-state index is 12.1. The van der Waals surface area contributed by atoms with Crippen molar-refractivity contribution in [1.82, 2.24) is 4.98 Å². The summed E-state index contributed by atoms with van der Waals surface area (Å²) in [5.74, 6) is -0.0811. The Morgan fingerprint density at radius 1 is 1.18 bits per heavy atom. The minimum absolute atomic E-state index is 0.233. The highest BCUT2D eigenvalue weighted by Crippen LogP contribution is 2.35. The van der Waals surface area contributed by atoms with Crippen LogP contribution >= 0.6 is 15.9 Å². The second-order valence-corrected chi connectivity index (χ2v) is 5.07. The molecule has 0 aliphatic carbocycles. The number of carbonyl (C=O) groups excluding carboxylic acids is 2. The SMILES string of the molecule is COc1cc(C(=O)OCC(=O)c2ccc[nH]2)cc(OC)c1Br. The molecule has 0 saturated carbocycles. The molecule has 2 aromatic rings. The molecule has 2 rings (SSSR count). The molecular weight excluding hydrogens is 354 g/mol. The molecule has 0 radical (unpaired) electrons. The van der Waals surface area contributed by atoms with Crippen LogP contribution in [0.5, 0.6) is 11.5 Å². The van der Waals surface area contributed by atoms with Crippen LogP contribution in [0.1, 0.15) is 20.8 Å². The van der Waals surface area contributed by atoms with E-state index < -0.39 is 5.97 Å². The Kier molecular flexibility index (Phi) is 5.21. The van der Waals surface area contributed by atoms with Crippen LogP contribution < -0.4 is 9.47 Å². The molecule has 1 N–H and O–H groups in total. The lowest BCUT2D eigenvalue weighted by Gasteiger charge is -2.11. The predicted molar refractivity (Wildman–Crippen MR) is 82.7 cm³/mol. The standard InChI is InChI=1S/C15H14BrNO5/c1-20-12-6-9(7-13(21-2)14(12)16)15(19)22-8-11(18)10-4-3-5-17-10/h3-7,17H,8H2,1-2H3. The summed E-state index contributed by atoms with van der Waals surface area (Å²) in [6, 6.07) is 6.32. The van der Waals surface area contributed by atoms with Gasteiger partial charge in [0.1, 0.15) is 16.0 Å². The first-order chi connectivity index (χ1) is 10.6. The smallest absolute Gasteiger partial charge is 0.338 e. The van der Waals surface area contributed by atoms with E-state index in [4.69, 9.17) is 14.2 Å². The van der Waals surface area contributed by atoms with Crippen LogP contribution in [0.2, 0.25) is 0 Å². The third-order valence-corrected chi connectivity index (χ3v) is 3.70. The van der Waals surface area contributed by atoms with Gasteiger partial charge in [-0.25, -0.2) is 4.79 Å². The molecule has 0 saturated heterocycles. The number of aromatic nitrogens is 1. The molecule has 1 heterocycles. The van der Waals surface area contributed by atoms with E-state index in [9.17, 15) is 9.59 Å². The third-order valence-electron chi connectivity index (χ3n) is 2.91. The van der Waals surface area contributed by atoms with Crippen molar-refractivity contribution in [2.45, 2.75) is 0 Å². The number of methoxy groups -OCH3 is 2. The van der Waals surface area contributed by atoms with Gasteiger partial charge >= 0.3 is 5.97 Å². The van der Waals surface area contributed by atoms with E-state index >= 15 is 0 Å². The minimum atomic E-state index is -0.635. The molecular formula is C15H14BrNO5. The van der Waals surface area contributed by atoms with Gasteiger partial charge in [0, 0.05) is 6.20 Å². The van der Waals surface area contributed by atoms with E-state index in [0.29, 0.717) is 21.7 Å². The third kappa shape index (κ3) is 3.48. The van der Waals surface area contributed by atoms with Crippen molar-refractivity contribution in [3.63, 3.8) is 0 Å². The van der Waals surface area contributed by atoms with Gasteiger partial charge in [0.15, 0.2) is 6.61 Å². The Balaban J connectivity index is 2.11. The number of Topliss-reactive ketones (excluding diaryl/α,β-unsaturated/α-hetero) is 1. The van der Waals surface area contributed by atoms with Crippen LogP contribution in [0, 0.1) is 0 Å². The molecule has 0 fully saturated rings. The van der Waals surface area contributed by atoms with Crippen molar-refractivity contribution in [3.8, 4) is 11.5 Å². The number of ether oxygens (including phenoxy) is 3. The number of esters is 1. The molecule has 0 spiro atoms. The van der Waals surface area contributed by atoms with Gasteiger partial charge in [0.25, 0.3) is 0 Å². The quantitative estimate of drug-likeness (QED) is 0.627. The fraction of sp³-hybridized carbons (Fsp3) is 0.200. The van der Waals surface area contributed by atoms with E-state index in [1.807, 2.05) is 0 Å². The van der Waals surface area contributed by atoms with Crippen molar-refractivity contribution in [3.05, 3.63) is 46.2 Å². The molecule has 0 aliphatic heterocycles. The number of H-pyrrole nitrogens is 1. The van der Waals surface area contributed by atoms with Gasteiger partial charge in [0.2, 0.25) is 5.78 Å². The fourth-order valence-electron chi connectivity index (χ4n) is 1.78. The summed E-state index contributed by atoms with van der Waals surface area (Å²) in [7, 11) is 2.95. The zero-order valence-electron chi connectivity index (χ0n) is 12.0. The average Bonchev–Trinajstić information content (AvgIpc) is 3.07. The highest BCUT2D eigenvalue weighted by atomic mass is 79.9. The summed E-state index contributed by atoms with van der Waals surface area (Å²) in [6.07, 6.45) is 1.62. The lowest BCUT2D eigenvalue weighted by Crippen LogP contribution is -2.14. The highest BCUT2D eigenvalue weighted by Gasteiger charge is 2.17. The van der Waals surface area contributed by atoms with E-state index in [1.165, 1.54) is 26.4 Å². The first-order valence-corrected chi connectivity index (χ1v) is 7.11. The molecule has 1 aromatic carbocycles. The van der Waals surface area contributed by atoms with Crippen molar-refractivity contribution in [1.29, 1.82) is 0 Å². The van der Waals surface area contributed by atoms with Crippen LogP contribution in [-0.2, 0) is 4.74 Å². The van der Waals surface area contributed by atoms with Gasteiger partial charge in [-0.05, 0) is 40.2 Å². The van der Waals surface area contributed by atoms with Gasteiger partial charge in [-0.15, -0.1) is 0 Å². The summed E-state index contributed by atoms with van der Waals surface area (Å²) < 4.78 is 15.9. The fourth-order valence-corrected chi connectivity index (χ4v) is 2.34. The average molecular weight is 368 g/mol. The van der Waals surface area contributed by atoms with Gasteiger partial charge in [-0.1, -0.05) is 0 Å². The Morgan fingerprint density at radius 2 is 1.82 bits per heavy atom. The molecule has 0 atom stereocenters. The molecule has 0 aliphatic rings. The number of hydrogen-bond acceptors (Lipinski definition) is 5. The number of aromatic amines is 1. The van der Waals surface area contributed by atoms with E-state index in [0.717, 1.165) is 0 Å². The number of ketones is 1. The summed E-state index contributed by atoms with van der Waals surface area (Å²) in [5, 5.41) is 0. The van der Waals surface area contributed by atoms with Crippen molar-refractivity contribution in [2.24, 2.45) is 0 Å². The molecule has 0 amide bonds. The van der Waals surface area contributed by atoms with Gasteiger partial charge in [0.05, 0.1) is 25.5 Å². The molecule has 1 aromatic heterocycles. The molecule has 22 heavy (non-hydrogen) atoms. The zero-order chi connectivity index (χ0) is 16.1. The zero-order valence-corrected chi connectivity index (χ0v) is 13.6. The summed E-state index contributed by atoms with van der Waals surface area (Å²) >= 11 is 3.31. The number of rotatable bonds is 6. The number of benzene rings is 1. The maximum Gasteiger partial charge on any atom is 0.338 e. The Labute approximate surface area is 135 Å². The lowest BCUT2D eigenvalue weighted by molar-refractivity contribution is 0.0473. The van der Waals surface area contributed by atoms with Gasteiger partial charge < -0.3 is 19.2 Å². The first-order valence-electron chi connectivity index (χ1n) is 6.32. The number of hydrogen-bond donors (Lipinski definition) is 1. The molecule has 7 heteroatoms. The summed E-state index contributed by atoms with van der Waals surface area (Å²) in [4.78, 5) is 26.6. The van der Waals surface area contributed by atoms with Gasteiger partial charge in [-0.2, -0.15) is 0 Å². The molecule has 0 bridgehead atoms. The van der Waals surface area contributed by atoms with Gasteiger partial charge in [-0.3, -0.25) is 4.79 Å². The van der Waals surface area contributed by atoms with Crippen LogP contribution in [0.25, 0.3) is 0 Å². The topological polar surface area (TPSA) is 77.6 Å². The normalized spacial score (nSPS) is 10.1. The van der Waals surface area contributed by atoms with E-state index in [2.05, 4.69) is 20.9 Å². The van der Waals surface area contributed by atoms with Crippen molar-refractivity contribution in [2.75, 3.05) is 20.8 Å². The van der Waals surface area contributed by atoms with Crippen LogP contribution in [0.3, 0.4) is 0 Å². The maximum atomic E-state index is 12.1. The Bertz CT molecular complexity index is 656. The molecule has 0 unspecified atom stereocenters. The molecule has 6 nitrogen and oxygen atoms in total. The molecule has 116 valence electrons. The largest absolute Gasteiger partial charge is 0.495 e. The van der Waals surface area contributed by atoms with Crippen LogP contribution in [0.4, 0.5) is 0 Å². The number of halogens is 1. The highest BCUT2D eigenvalue weighted by molar-refractivity contribution is 9.10. The van der Waals surface area contributed by atoms with Crippen LogP contribution in [-0.4, -0.2) is 37.6 Å². The number of nitrogens with one attached hydrogen (secondary N) is 1. The van der Waals surface area contributed by atoms with E-state index in [-0.39, 0.29) is 18.0 Å². The Hall–Kier alpha value is -2.28. The number of carbonyl (C=O) groups is 2. The second-order valence-electron chi connectivity index (χ2n) is 4.28. The Morgan fingerprint density at radius 3 is 2.32 bits per heavy atom. The lowest BCUT2D eigenvalue weighted by atomic mass is 10.2. The first kappa shape index (κ1) is 16.1. The van der Waals surface area contributed by atoms with Crippen molar-refractivity contribution < 1.29 is 23.8 Å². The predicted octanol–water partition coefficient (Wildman–Crippen LogP) is 2.83. The van der Waals surface area contributed by atoms with Crippen molar-refractivity contribution >= 4 is 27.7 Å². The van der Waals surface area contributed by atoms with Crippen LogP contribution in [0.15, 0.2) is 34.9 Å². The summed E-state index contributed by atoms with van der Waals surface area (Å²) in [5.41, 5.74) is 0.620. The van der Waals surface area contributed by atoms with E-state index in [1.54, 1.807) is 18.3 Å². The minimum Gasteiger partial charge on any atom is -0.495 e. The second kappa shape index (κ2) is 7.13. The monoisotopic (exact) mass is 367 g/mol.